The molecule has 26 heavy (non-hydrogen) atoms. The summed E-state index contributed by atoms with van der Waals surface area (Å²) in [5.74, 6) is 0.372. The van der Waals surface area contributed by atoms with Crippen molar-refractivity contribution in [3.63, 3.8) is 0 Å². The average molecular weight is 351 g/mol. The fourth-order valence-corrected chi connectivity index (χ4v) is 2.88. The van der Waals surface area contributed by atoms with Crippen LogP contribution in [0.1, 0.15) is 22.8 Å². The van der Waals surface area contributed by atoms with Crippen molar-refractivity contribution >= 4 is 28.4 Å². The van der Waals surface area contributed by atoms with Crippen molar-refractivity contribution in [1.82, 2.24) is 10.3 Å². The second-order valence-corrected chi connectivity index (χ2v) is 5.96. The molecule has 1 aromatic heterocycles. The van der Waals surface area contributed by atoms with Crippen LogP contribution in [0.15, 0.2) is 48.7 Å². The van der Waals surface area contributed by atoms with Gasteiger partial charge in [-0.05, 0) is 42.3 Å². The average Bonchev–Trinajstić information content (AvgIpc) is 3.03. The van der Waals surface area contributed by atoms with Gasteiger partial charge in [-0.1, -0.05) is 12.1 Å². The second kappa shape index (κ2) is 7.74. The van der Waals surface area contributed by atoms with Crippen LogP contribution in [-0.2, 0) is 11.2 Å². The Morgan fingerprint density at radius 2 is 1.96 bits per heavy atom. The molecule has 0 bridgehead atoms. The van der Waals surface area contributed by atoms with E-state index >= 15 is 0 Å². The monoisotopic (exact) mass is 351 g/mol. The molecule has 2 amide bonds. The van der Waals surface area contributed by atoms with Crippen LogP contribution in [0.25, 0.3) is 10.9 Å². The lowest BCUT2D eigenvalue weighted by atomic mass is 10.1. The van der Waals surface area contributed by atoms with Crippen LogP contribution >= 0.6 is 0 Å². The quantitative estimate of drug-likeness (QED) is 0.638. The first kappa shape index (κ1) is 17.5. The van der Waals surface area contributed by atoms with Crippen molar-refractivity contribution < 1.29 is 14.3 Å². The summed E-state index contributed by atoms with van der Waals surface area (Å²) < 4.78 is 5.27. The van der Waals surface area contributed by atoms with Gasteiger partial charge in [0.1, 0.15) is 5.75 Å². The van der Waals surface area contributed by atoms with Crippen molar-refractivity contribution in [2.24, 2.45) is 0 Å². The van der Waals surface area contributed by atoms with Gasteiger partial charge in [0.2, 0.25) is 5.91 Å². The van der Waals surface area contributed by atoms with Gasteiger partial charge in [-0.25, -0.2) is 0 Å². The van der Waals surface area contributed by atoms with E-state index in [2.05, 4.69) is 15.6 Å². The maximum atomic E-state index is 12.4. The summed E-state index contributed by atoms with van der Waals surface area (Å²) in [5, 5.41) is 6.67. The number of methoxy groups -OCH3 is 1. The van der Waals surface area contributed by atoms with E-state index in [0.29, 0.717) is 24.2 Å². The Balaban J connectivity index is 1.67. The summed E-state index contributed by atoms with van der Waals surface area (Å²) in [6.07, 6.45) is 2.63. The van der Waals surface area contributed by atoms with Gasteiger partial charge in [0.15, 0.2) is 0 Å². The van der Waals surface area contributed by atoms with Crippen LogP contribution < -0.4 is 15.4 Å². The number of ether oxygens (including phenoxy) is 1. The van der Waals surface area contributed by atoms with Crippen LogP contribution in [0, 0.1) is 0 Å². The number of carbonyl (C=O) groups excluding carboxylic acids is 2. The topological polar surface area (TPSA) is 83.2 Å². The van der Waals surface area contributed by atoms with E-state index in [1.54, 1.807) is 31.4 Å². The van der Waals surface area contributed by atoms with Crippen molar-refractivity contribution in [3.05, 3.63) is 59.8 Å². The normalized spacial score (nSPS) is 10.5. The van der Waals surface area contributed by atoms with Crippen LogP contribution in [0.5, 0.6) is 5.75 Å². The molecule has 3 aromatic rings. The largest absolute Gasteiger partial charge is 0.497 e. The van der Waals surface area contributed by atoms with Gasteiger partial charge in [0.05, 0.1) is 18.4 Å². The first-order chi connectivity index (χ1) is 12.6. The molecule has 2 aromatic carbocycles. The van der Waals surface area contributed by atoms with Crippen LogP contribution in [0.3, 0.4) is 0 Å². The van der Waals surface area contributed by atoms with Crippen molar-refractivity contribution in [1.29, 1.82) is 0 Å². The molecule has 3 N–H and O–H groups in total. The minimum atomic E-state index is -0.216. The zero-order chi connectivity index (χ0) is 18.5. The summed E-state index contributed by atoms with van der Waals surface area (Å²) in [5.41, 5.74) is 3.09. The molecule has 3 rings (SSSR count). The molecule has 0 aliphatic rings. The van der Waals surface area contributed by atoms with E-state index in [-0.39, 0.29) is 11.8 Å². The second-order valence-electron chi connectivity index (χ2n) is 5.96. The van der Waals surface area contributed by atoms with E-state index < -0.39 is 0 Å². The molecule has 6 nitrogen and oxygen atoms in total. The zero-order valence-corrected chi connectivity index (χ0v) is 14.8. The summed E-state index contributed by atoms with van der Waals surface area (Å²) in [4.78, 5) is 27.0. The smallest absolute Gasteiger partial charge is 0.253 e. The van der Waals surface area contributed by atoms with Gasteiger partial charge in [-0.15, -0.1) is 0 Å². The summed E-state index contributed by atoms with van der Waals surface area (Å²) in [6.45, 7) is 1.90. The lowest BCUT2D eigenvalue weighted by Crippen LogP contribution is -2.26. The summed E-state index contributed by atoms with van der Waals surface area (Å²) >= 11 is 0. The summed E-state index contributed by atoms with van der Waals surface area (Å²) in [6, 6.07) is 12.8. The zero-order valence-electron chi connectivity index (χ0n) is 14.8. The molecule has 0 unspecified atom stereocenters. The molecule has 6 heteroatoms. The number of nitrogens with one attached hydrogen (secondary N) is 3. The maximum absolute atomic E-state index is 12.4. The van der Waals surface area contributed by atoms with Crippen LogP contribution in [0.4, 0.5) is 5.69 Å². The van der Waals surface area contributed by atoms with Gasteiger partial charge >= 0.3 is 0 Å². The fraction of sp³-hybridized carbons (Fsp3) is 0.200. The molecule has 0 saturated heterocycles. The predicted molar refractivity (Wildman–Crippen MR) is 102 cm³/mol. The standard InChI is InChI=1S/C20H21N3O3/c1-13(24)23-19-6-4-3-5-16(19)20(25)21-10-9-14-12-22-18-8-7-15(26-2)11-17(14)18/h3-8,11-12,22H,9-10H2,1-2H3,(H,21,25)(H,23,24). The van der Waals surface area contributed by atoms with Gasteiger partial charge in [-0.3, -0.25) is 9.59 Å². The predicted octanol–water partition coefficient (Wildman–Crippen LogP) is 3.11. The number of hydrogen-bond donors (Lipinski definition) is 3. The van der Waals surface area contributed by atoms with Crippen LogP contribution in [-0.4, -0.2) is 30.5 Å². The molecule has 0 radical (unpaired) electrons. The Bertz CT molecular complexity index is 946. The number of para-hydroxylation sites is 1. The number of rotatable bonds is 6. The van der Waals surface area contributed by atoms with Crippen molar-refractivity contribution in [2.75, 3.05) is 19.0 Å². The third kappa shape index (κ3) is 3.85. The van der Waals surface area contributed by atoms with Crippen molar-refractivity contribution in [3.8, 4) is 5.75 Å². The first-order valence-electron chi connectivity index (χ1n) is 8.37. The molecular formula is C20H21N3O3. The third-order valence-corrected chi connectivity index (χ3v) is 4.14. The Hall–Kier alpha value is -3.28. The molecule has 0 fully saturated rings. The van der Waals surface area contributed by atoms with E-state index in [1.807, 2.05) is 24.4 Å². The number of anilines is 1. The number of amides is 2. The Morgan fingerprint density at radius 1 is 1.15 bits per heavy atom. The number of hydrogen-bond acceptors (Lipinski definition) is 3. The van der Waals surface area contributed by atoms with Gasteiger partial charge in [0.25, 0.3) is 5.91 Å². The molecule has 0 saturated carbocycles. The molecule has 0 aliphatic heterocycles. The van der Waals surface area contributed by atoms with E-state index in [1.165, 1.54) is 6.92 Å². The highest BCUT2D eigenvalue weighted by atomic mass is 16.5. The number of carbonyl (C=O) groups is 2. The molecular weight excluding hydrogens is 330 g/mol. The highest BCUT2D eigenvalue weighted by Gasteiger charge is 2.12. The van der Waals surface area contributed by atoms with E-state index in [9.17, 15) is 9.59 Å². The maximum Gasteiger partial charge on any atom is 0.253 e. The number of H-pyrrole nitrogens is 1. The van der Waals surface area contributed by atoms with E-state index in [0.717, 1.165) is 22.2 Å². The van der Waals surface area contributed by atoms with E-state index in [4.69, 9.17) is 4.74 Å². The molecule has 1 heterocycles. The number of fused-ring (bicyclic) bond motifs is 1. The lowest BCUT2D eigenvalue weighted by molar-refractivity contribution is -0.114. The Kier molecular flexibility index (Phi) is 5.22. The highest BCUT2D eigenvalue weighted by Crippen LogP contribution is 2.23. The SMILES string of the molecule is COc1ccc2[nH]cc(CCNC(=O)c3ccccc3NC(C)=O)c2c1. The number of benzene rings is 2. The lowest BCUT2D eigenvalue weighted by Gasteiger charge is -2.10. The minimum absolute atomic E-state index is 0.210. The molecule has 0 spiro atoms. The Morgan fingerprint density at radius 3 is 2.73 bits per heavy atom. The fourth-order valence-electron chi connectivity index (χ4n) is 2.88. The molecule has 134 valence electrons. The number of aromatic nitrogens is 1. The van der Waals surface area contributed by atoms with Crippen LogP contribution in [0.2, 0.25) is 0 Å². The van der Waals surface area contributed by atoms with Gasteiger partial charge in [0, 0.05) is 30.6 Å². The molecule has 0 atom stereocenters. The van der Waals surface area contributed by atoms with Crippen molar-refractivity contribution in [2.45, 2.75) is 13.3 Å². The van der Waals surface area contributed by atoms with Gasteiger partial charge in [-0.2, -0.15) is 0 Å². The third-order valence-electron chi connectivity index (χ3n) is 4.14. The first-order valence-corrected chi connectivity index (χ1v) is 8.37. The molecule has 0 aliphatic carbocycles. The number of aromatic amines is 1. The van der Waals surface area contributed by atoms with Gasteiger partial charge < -0.3 is 20.4 Å². The Labute approximate surface area is 151 Å². The minimum Gasteiger partial charge on any atom is -0.497 e. The highest BCUT2D eigenvalue weighted by molar-refractivity contribution is 6.03. The summed E-state index contributed by atoms with van der Waals surface area (Å²) in [7, 11) is 1.64.